The monoisotopic (exact) mass is 274 g/mol. The summed E-state index contributed by atoms with van der Waals surface area (Å²) in [6, 6.07) is 8.47. The van der Waals surface area contributed by atoms with E-state index in [2.05, 4.69) is 58.9 Å². The molecule has 1 aliphatic heterocycles. The van der Waals surface area contributed by atoms with Crippen LogP contribution in [0.15, 0.2) is 24.3 Å². The van der Waals surface area contributed by atoms with Crippen molar-refractivity contribution in [3.05, 3.63) is 29.8 Å². The van der Waals surface area contributed by atoms with Crippen molar-refractivity contribution in [1.29, 1.82) is 0 Å². The summed E-state index contributed by atoms with van der Waals surface area (Å²) in [5.41, 5.74) is 0.722. The van der Waals surface area contributed by atoms with E-state index in [1.807, 2.05) is 0 Å². The molecule has 1 aromatic heterocycles. The number of thiophene rings is 1. The summed E-state index contributed by atoms with van der Waals surface area (Å²) in [7, 11) is -0.248. The Morgan fingerprint density at radius 1 is 1.00 bits per heavy atom. The second-order valence-corrected chi connectivity index (χ2v) is 7.26. The van der Waals surface area contributed by atoms with Crippen molar-refractivity contribution in [3.8, 4) is 0 Å². The maximum atomic E-state index is 6.15. The zero-order valence-corrected chi connectivity index (χ0v) is 12.9. The Labute approximate surface area is 118 Å². The van der Waals surface area contributed by atoms with Crippen LogP contribution in [-0.4, -0.2) is 18.3 Å². The average Bonchev–Trinajstić information content (AvgIpc) is 2.76. The summed E-state index contributed by atoms with van der Waals surface area (Å²) in [4.78, 5) is 0. The highest BCUT2D eigenvalue weighted by Crippen LogP contribution is 2.38. The van der Waals surface area contributed by atoms with Crippen LogP contribution in [0.1, 0.15) is 33.3 Å². The summed E-state index contributed by atoms with van der Waals surface area (Å²) in [6.45, 7) is 10.5. The lowest BCUT2D eigenvalue weighted by Crippen LogP contribution is -2.41. The normalized spacial score (nSPS) is 21.2. The largest absolute Gasteiger partial charge is 0.505 e. The molecule has 0 saturated carbocycles. The van der Waals surface area contributed by atoms with Gasteiger partial charge in [0.1, 0.15) is 0 Å². The molecule has 100 valence electrons. The molecule has 19 heavy (non-hydrogen) atoms. The molecule has 0 unspecified atom stereocenters. The lowest BCUT2D eigenvalue weighted by atomic mass is 9.84. The zero-order chi connectivity index (χ0) is 13.8. The molecule has 0 N–H and O–H groups in total. The number of hydrogen-bond donors (Lipinski definition) is 0. The minimum atomic E-state index is -0.277. The van der Waals surface area contributed by atoms with Crippen molar-refractivity contribution in [3.63, 3.8) is 0 Å². The fourth-order valence-electron chi connectivity index (χ4n) is 2.37. The molecule has 2 nitrogen and oxygen atoms in total. The quantitative estimate of drug-likeness (QED) is 0.741. The van der Waals surface area contributed by atoms with Crippen molar-refractivity contribution >= 4 is 33.3 Å². The van der Waals surface area contributed by atoms with Gasteiger partial charge in [-0.3, -0.25) is 0 Å². The first-order valence-electron chi connectivity index (χ1n) is 6.65. The second-order valence-electron chi connectivity index (χ2n) is 6.18. The third-order valence-corrected chi connectivity index (χ3v) is 5.64. The third kappa shape index (κ3) is 1.94. The summed E-state index contributed by atoms with van der Waals surface area (Å²) in [6.07, 6.45) is 0. The Morgan fingerprint density at radius 3 is 2.16 bits per heavy atom. The molecule has 0 amide bonds. The van der Waals surface area contributed by atoms with Crippen molar-refractivity contribution in [2.45, 2.75) is 45.8 Å². The van der Waals surface area contributed by atoms with E-state index < -0.39 is 0 Å². The van der Waals surface area contributed by atoms with Gasteiger partial charge in [0, 0.05) is 9.48 Å². The Bertz CT molecular complexity index is 614. The fourth-order valence-corrected chi connectivity index (χ4v) is 3.54. The molecule has 0 bridgehead atoms. The lowest BCUT2D eigenvalue weighted by Gasteiger charge is -2.32. The summed E-state index contributed by atoms with van der Waals surface area (Å²) in [5, 5.41) is 1.30. The first-order valence-corrected chi connectivity index (χ1v) is 7.47. The van der Waals surface area contributed by atoms with E-state index in [1.54, 1.807) is 11.3 Å². The minimum absolute atomic E-state index is 0.248. The van der Waals surface area contributed by atoms with E-state index in [0.29, 0.717) is 0 Å². The van der Waals surface area contributed by atoms with E-state index >= 15 is 0 Å². The predicted octanol–water partition coefficient (Wildman–Crippen LogP) is 3.51. The van der Waals surface area contributed by atoms with E-state index in [9.17, 15) is 0 Å². The van der Waals surface area contributed by atoms with Crippen LogP contribution in [0.4, 0.5) is 0 Å². The van der Waals surface area contributed by atoms with Crippen molar-refractivity contribution in [2.24, 2.45) is 0 Å². The average molecular weight is 274 g/mol. The molecule has 1 fully saturated rings. The smallest absolute Gasteiger partial charge is 0.399 e. The highest BCUT2D eigenvalue weighted by molar-refractivity contribution is 7.28. The highest BCUT2D eigenvalue weighted by atomic mass is 32.1. The maximum absolute atomic E-state index is 6.15. The van der Waals surface area contributed by atoms with Crippen LogP contribution in [0.2, 0.25) is 0 Å². The number of aryl methyl sites for hydroxylation is 1. The van der Waals surface area contributed by atoms with Gasteiger partial charge in [0.2, 0.25) is 0 Å². The molecular formula is C15H19BO2S. The summed E-state index contributed by atoms with van der Waals surface area (Å²) >= 11 is 1.77. The Hall–Kier alpha value is -0.835. The summed E-state index contributed by atoms with van der Waals surface area (Å²) in [5.74, 6) is 0. The minimum Gasteiger partial charge on any atom is -0.399 e. The molecule has 2 heterocycles. The van der Waals surface area contributed by atoms with Crippen LogP contribution in [0.5, 0.6) is 0 Å². The molecular weight excluding hydrogens is 255 g/mol. The van der Waals surface area contributed by atoms with Gasteiger partial charge >= 0.3 is 7.12 Å². The predicted molar refractivity (Wildman–Crippen MR) is 82.3 cm³/mol. The van der Waals surface area contributed by atoms with Crippen LogP contribution in [0.3, 0.4) is 0 Å². The molecule has 4 heteroatoms. The first-order chi connectivity index (χ1) is 8.82. The van der Waals surface area contributed by atoms with E-state index in [-0.39, 0.29) is 18.3 Å². The van der Waals surface area contributed by atoms with E-state index in [4.69, 9.17) is 9.31 Å². The van der Waals surface area contributed by atoms with Gasteiger partial charge in [0.15, 0.2) is 0 Å². The van der Waals surface area contributed by atoms with Crippen LogP contribution < -0.4 is 4.78 Å². The second kappa shape index (κ2) is 4.08. The van der Waals surface area contributed by atoms with Gasteiger partial charge in [0.05, 0.1) is 11.2 Å². The Kier molecular flexibility index (Phi) is 2.82. The van der Waals surface area contributed by atoms with Gasteiger partial charge in [-0.2, -0.15) is 0 Å². The van der Waals surface area contributed by atoms with Gasteiger partial charge < -0.3 is 9.31 Å². The zero-order valence-electron chi connectivity index (χ0n) is 12.1. The van der Waals surface area contributed by atoms with Crippen LogP contribution >= 0.6 is 11.3 Å². The molecule has 0 aliphatic carbocycles. The van der Waals surface area contributed by atoms with Gasteiger partial charge in [-0.25, -0.2) is 0 Å². The molecule has 1 saturated heterocycles. The van der Waals surface area contributed by atoms with Crippen LogP contribution in [0, 0.1) is 6.92 Å². The van der Waals surface area contributed by atoms with Gasteiger partial charge in [0.25, 0.3) is 0 Å². The molecule has 0 atom stereocenters. The fraction of sp³-hybridized carbons (Fsp3) is 0.467. The van der Waals surface area contributed by atoms with Crippen LogP contribution in [-0.2, 0) is 9.31 Å². The standard InChI is InChI=1S/C15H19BO2S/c1-10-11-8-6-7-9-12(11)19-13(10)16-17-14(2,3)15(4,5)18-16/h6-9H,1-5H3. The van der Waals surface area contributed by atoms with E-state index in [1.165, 1.54) is 20.4 Å². The van der Waals surface area contributed by atoms with Crippen molar-refractivity contribution in [1.82, 2.24) is 0 Å². The maximum Gasteiger partial charge on any atom is 0.505 e. The molecule has 2 aromatic rings. The van der Waals surface area contributed by atoms with Crippen molar-refractivity contribution < 1.29 is 9.31 Å². The molecule has 1 aliphatic rings. The third-order valence-electron chi connectivity index (χ3n) is 4.35. The molecule has 0 spiro atoms. The number of benzene rings is 1. The first kappa shape index (κ1) is 13.2. The molecule has 0 radical (unpaired) electrons. The van der Waals surface area contributed by atoms with E-state index in [0.717, 1.165) is 0 Å². The molecule has 3 rings (SSSR count). The van der Waals surface area contributed by atoms with Gasteiger partial charge in [-0.1, -0.05) is 18.2 Å². The highest BCUT2D eigenvalue weighted by Gasteiger charge is 2.52. The number of fused-ring (bicyclic) bond motifs is 1. The van der Waals surface area contributed by atoms with Gasteiger partial charge in [-0.15, -0.1) is 11.3 Å². The topological polar surface area (TPSA) is 18.5 Å². The number of hydrogen-bond acceptors (Lipinski definition) is 3. The van der Waals surface area contributed by atoms with Crippen molar-refractivity contribution in [2.75, 3.05) is 0 Å². The Balaban J connectivity index is 2.05. The van der Waals surface area contributed by atoms with Crippen LogP contribution in [0.25, 0.3) is 10.1 Å². The number of rotatable bonds is 1. The molecule has 1 aromatic carbocycles. The Morgan fingerprint density at radius 2 is 1.58 bits per heavy atom. The SMILES string of the molecule is Cc1c(B2OC(C)(C)C(C)(C)O2)sc2ccccc12. The lowest BCUT2D eigenvalue weighted by molar-refractivity contribution is 0.00578. The van der Waals surface area contributed by atoms with Gasteiger partial charge in [-0.05, 0) is 51.6 Å². The summed E-state index contributed by atoms with van der Waals surface area (Å²) < 4.78 is 14.8.